The number of hydrogen-bond donors (Lipinski definition) is 0. The van der Waals surface area contributed by atoms with Gasteiger partial charge in [-0.15, -0.1) is 0 Å². The summed E-state index contributed by atoms with van der Waals surface area (Å²) in [5.41, 5.74) is -0.498. The van der Waals surface area contributed by atoms with Gasteiger partial charge < -0.3 is 0 Å². The zero-order valence-corrected chi connectivity index (χ0v) is 12.2. The van der Waals surface area contributed by atoms with E-state index in [9.17, 15) is 4.39 Å². The van der Waals surface area contributed by atoms with Crippen molar-refractivity contribution in [2.75, 3.05) is 0 Å². The first-order valence-corrected chi connectivity index (χ1v) is 7.72. The molecule has 1 unspecified atom stereocenters. The molecule has 1 aliphatic rings. The van der Waals surface area contributed by atoms with Crippen LogP contribution in [0.3, 0.4) is 0 Å². The van der Waals surface area contributed by atoms with Crippen molar-refractivity contribution in [2.45, 2.75) is 97.1 Å². The summed E-state index contributed by atoms with van der Waals surface area (Å²) in [6, 6.07) is 0. The smallest absolute Gasteiger partial charge is 0.111 e. The summed E-state index contributed by atoms with van der Waals surface area (Å²) < 4.78 is 14.0. The standard InChI is InChI=1S/C16H31F/c1-4-6-8-9-11-15(3,10-7-5-2)14-16(17)12-13-16/h4-14H2,1-3H3. The van der Waals surface area contributed by atoms with Gasteiger partial charge in [-0.05, 0) is 37.5 Å². The van der Waals surface area contributed by atoms with Crippen molar-refractivity contribution in [3.05, 3.63) is 0 Å². The fraction of sp³-hybridized carbons (Fsp3) is 1.00. The summed E-state index contributed by atoms with van der Waals surface area (Å²) in [6.45, 7) is 6.81. The van der Waals surface area contributed by atoms with Gasteiger partial charge in [0.25, 0.3) is 0 Å². The van der Waals surface area contributed by atoms with Gasteiger partial charge in [-0.1, -0.05) is 59.3 Å². The molecular formula is C16H31F. The van der Waals surface area contributed by atoms with E-state index in [1.54, 1.807) is 0 Å². The molecule has 1 saturated carbocycles. The Kier molecular flexibility index (Phi) is 5.95. The molecule has 0 N–H and O–H groups in total. The zero-order valence-electron chi connectivity index (χ0n) is 12.2. The van der Waals surface area contributed by atoms with Crippen LogP contribution in [0.25, 0.3) is 0 Å². The summed E-state index contributed by atoms with van der Waals surface area (Å²) in [4.78, 5) is 0. The predicted molar refractivity (Wildman–Crippen MR) is 74.1 cm³/mol. The number of alkyl halides is 1. The van der Waals surface area contributed by atoms with E-state index < -0.39 is 5.67 Å². The first-order valence-electron chi connectivity index (χ1n) is 7.72. The Morgan fingerprint density at radius 3 is 2.06 bits per heavy atom. The highest BCUT2D eigenvalue weighted by atomic mass is 19.1. The van der Waals surface area contributed by atoms with Crippen molar-refractivity contribution in [3.63, 3.8) is 0 Å². The zero-order chi connectivity index (χ0) is 12.8. The molecule has 1 atom stereocenters. The molecule has 1 rings (SSSR count). The van der Waals surface area contributed by atoms with Gasteiger partial charge in [-0.3, -0.25) is 0 Å². The molecule has 0 spiro atoms. The summed E-state index contributed by atoms with van der Waals surface area (Å²) in [7, 11) is 0. The fourth-order valence-corrected chi connectivity index (χ4v) is 2.96. The van der Waals surface area contributed by atoms with Crippen LogP contribution in [-0.4, -0.2) is 5.67 Å². The quantitative estimate of drug-likeness (QED) is 0.409. The SMILES string of the molecule is CCCCCCC(C)(CCCC)CC1(F)CC1. The van der Waals surface area contributed by atoms with Crippen LogP contribution in [0.4, 0.5) is 4.39 Å². The highest BCUT2D eigenvalue weighted by molar-refractivity contribution is 4.98. The van der Waals surface area contributed by atoms with Crippen LogP contribution in [0, 0.1) is 5.41 Å². The lowest BCUT2D eigenvalue weighted by molar-refractivity contribution is 0.145. The molecule has 1 fully saturated rings. The van der Waals surface area contributed by atoms with Gasteiger partial charge in [0.05, 0.1) is 0 Å². The normalized spacial score (nSPS) is 21.2. The minimum atomic E-state index is -0.771. The molecule has 0 heterocycles. The minimum absolute atomic E-state index is 0.273. The van der Waals surface area contributed by atoms with Crippen molar-refractivity contribution in [1.29, 1.82) is 0 Å². The topological polar surface area (TPSA) is 0 Å². The van der Waals surface area contributed by atoms with Crippen LogP contribution in [0.15, 0.2) is 0 Å². The summed E-state index contributed by atoms with van der Waals surface area (Å²) in [5, 5.41) is 0. The molecule has 0 amide bonds. The van der Waals surface area contributed by atoms with Crippen molar-refractivity contribution >= 4 is 0 Å². The molecule has 0 aromatic heterocycles. The minimum Gasteiger partial charge on any atom is -0.244 e. The molecule has 1 aliphatic carbocycles. The maximum atomic E-state index is 14.0. The molecular weight excluding hydrogens is 211 g/mol. The van der Waals surface area contributed by atoms with E-state index in [2.05, 4.69) is 20.8 Å². The predicted octanol–water partition coefficient (Wildman–Crippen LogP) is 6.05. The summed E-state index contributed by atoms with van der Waals surface area (Å²) in [5.74, 6) is 0. The second-order valence-electron chi connectivity index (χ2n) is 6.55. The molecule has 0 aromatic carbocycles. The van der Waals surface area contributed by atoms with Crippen LogP contribution in [0.5, 0.6) is 0 Å². The second-order valence-corrected chi connectivity index (χ2v) is 6.55. The Hall–Kier alpha value is -0.0700. The fourth-order valence-electron chi connectivity index (χ4n) is 2.96. The van der Waals surface area contributed by atoms with Gasteiger partial charge >= 0.3 is 0 Å². The van der Waals surface area contributed by atoms with Crippen molar-refractivity contribution in [1.82, 2.24) is 0 Å². The van der Waals surface area contributed by atoms with Gasteiger partial charge in [0, 0.05) is 0 Å². The molecule has 102 valence electrons. The Morgan fingerprint density at radius 2 is 1.53 bits per heavy atom. The maximum absolute atomic E-state index is 14.0. The maximum Gasteiger partial charge on any atom is 0.111 e. The van der Waals surface area contributed by atoms with E-state index in [-0.39, 0.29) is 5.41 Å². The molecule has 0 aliphatic heterocycles. The van der Waals surface area contributed by atoms with E-state index in [1.165, 1.54) is 51.4 Å². The van der Waals surface area contributed by atoms with Gasteiger partial charge in [0.2, 0.25) is 0 Å². The lowest BCUT2D eigenvalue weighted by Crippen LogP contribution is -2.22. The van der Waals surface area contributed by atoms with Gasteiger partial charge in [-0.2, -0.15) is 0 Å². The molecule has 0 bridgehead atoms. The Morgan fingerprint density at radius 1 is 0.941 bits per heavy atom. The van der Waals surface area contributed by atoms with Crippen molar-refractivity contribution in [3.8, 4) is 0 Å². The van der Waals surface area contributed by atoms with E-state index in [4.69, 9.17) is 0 Å². The lowest BCUT2D eigenvalue weighted by atomic mass is 9.75. The molecule has 1 heteroatoms. The average molecular weight is 242 g/mol. The number of halogens is 1. The van der Waals surface area contributed by atoms with Crippen LogP contribution >= 0.6 is 0 Å². The molecule has 17 heavy (non-hydrogen) atoms. The Labute approximate surface area is 107 Å². The van der Waals surface area contributed by atoms with Crippen molar-refractivity contribution in [2.24, 2.45) is 5.41 Å². The van der Waals surface area contributed by atoms with Gasteiger partial charge in [-0.25, -0.2) is 4.39 Å². The van der Waals surface area contributed by atoms with Crippen LogP contribution in [0.2, 0.25) is 0 Å². The lowest BCUT2D eigenvalue weighted by Gasteiger charge is -2.31. The van der Waals surface area contributed by atoms with E-state index in [1.807, 2.05) is 0 Å². The Bertz CT molecular complexity index is 208. The summed E-state index contributed by atoms with van der Waals surface area (Å²) >= 11 is 0. The van der Waals surface area contributed by atoms with Crippen LogP contribution in [0.1, 0.15) is 91.4 Å². The Balaban J connectivity index is 2.34. The second kappa shape index (κ2) is 6.75. The number of unbranched alkanes of at least 4 members (excludes halogenated alkanes) is 4. The van der Waals surface area contributed by atoms with Crippen molar-refractivity contribution < 1.29 is 4.39 Å². The third kappa shape index (κ3) is 5.88. The molecule has 0 nitrogen and oxygen atoms in total. The molecule has 0 saturated heterocycles. The first-order chi connectivity index (χ1) is 8.04. The van der Waals surface area contributed by atoms with Crippen LogP contribution < -0.4 is 0 Å². The largest absolute Gasteiger partial charge is 0.244 e. The van der Waals surface area contributed by atoms with E-state index in [0.29, 0.717) is 0 Å². The monoisotopic (exact) mass is 242 g/mol. The third-order valence-electron chi connectivity index (χ3n) is 4.30. The van der Waals surface area contributed by atoms with Gasteiger partial charge in [0.15, 0.2) is 0 Å². The first kappa shape index (κ1) is 15.0. The highest BCUT2D eigenvalue weighted by Crippen LogP contribution is 2.51. The van der Waals surface area contributed by atoms with E-state index in [0.717, 1.165) is 19.3 Å². The highest BCUT2D eigenvalue weighted by Gasteiger charge is 2.47. The number of hydrogen-bond acceptors (Lipinski definition) is 0. The average Bonchev–Trinajstić information content (AvgIpc) is 2.99. The molecule has 0 aromatic rings. The van der Waals surface area contributed by atoms with Crippen LogP contribution in [-0.2, 0) is 0 Å². The van der Waals surface area contributed by atoms with Gasteiger partial charge in [0.1, 0.15) is 5.67 Å². The van der Waals surface area contributed by atoms with E-state index >= 15 is 0 Å². The molecule has 0 radical (unpaired) electrons. The summed E-state index contributed by atoms with van der Waals surface area (Å²) in [6.07, 6.45) is 12.7. The third-order valence-corrected chi connectivity index (χ3v) is 4.30. The number of rotatable bonds is 10.